The Balaban J connectivity index is 1.54. The minimum absolute atomic E-state index is 0.0735. The summed E-state index contributed by atoms with van der Waals surface area (Å²) in [7, 11) is 1.08. The van der Waals surface area contributed by atoms with Crippen LogP contribution in [0.3, 0.4) is 0 Å². The SMILES string of the molecule is Cn1c2c(c3ccc(-n4ccc(-c5ccc(S(C)=O)cc5)cc4=O)cc31)CCNC2. The lowest BCUT2D eigenvalue weighted by Crippen LogP contribution is -2.24. The molecule has 1 aliphatic heterocycles. The molecular weight excluding hydrogens is 394 g/mol. The third-order valence-electron chi connectivity index (χ3n) is 5.98. The van der Waals surface area contributed by atoms with Crippen LogP contribution in [0.2, 0.25) is 0 Å². The zero-order chi connectivity index (χ0) is 20.8. The van der Waals surface area contributed by atoms with Crippen LogP contribution in [0.25, 0.3) is 27.7 Å². The largest absolute Gasteiger partial charge is 0.346 e. The highest BCUT2D eigenvalue weighted by atomic mass is 32.2. The Morgan fingerprint density at radius 2 is 1.80 bits per heavy atom. The molecule has 1 unspecified atom stereocenters. The summed E-state index contributed by atoms with van der Waals surface area (Å²) in [5.74, 6) is 0. The summed E-state index contributed by atoms with van der Waals surface area (Å²) in [6.45, 7) is 1.89. The van der Waals surface area contributed by atoms with E-state index in [9.17, 15) is 9.00 Å². The minimum Gasteiger partial charge on any atom is -0.346 e. The lowest BCUT2D eigenvalue weighted by molar-refractivity contribution is 0.614. The molecule has 5 nitrogen and oxygen atoms in total. The van der Waals surface area contributed by atoms with Gasteiger partial charge in [-0.3, -0.25) is 13.6 Å². The van der Waals surface area contributed by atoms with E-state index in [2.05, 4.69) is 29.1 Å². The Kier molecular flexibility index (Phi) is 4.68. The molecule has 1 atom stereocenters. The van der Waals surface area contributed by atoms with Crippen LogP contribution in [0, 0.1) is 0 Å². The van der Waals surface area contributed by atoms with E-state index in [1.165, 1.54) is 16.6 Å². The molecule has 0 fully saturated rings. The molecule has 3 heterocycles. The average molecular weight is 418 g/mol. The van der Waals surface area contributed by atoms with Gasteiger partial charge in [0.2, 0.25) is 0 Å². The molecule has 0 amide bonds. The number of nitrogens with zero attached hydrogens (tertiary/aromatic N) is 2. The van der Waals surface area contributed by atoms with Gasteiger partial charge in [-0.15, -0.1) is 0 Å². The van der Waals surface area contributed by atoms with Gasteiger partial charge >= 0.3 is 0 Å². The van der Waals surface area contributed by atoms with Crippen LogP contribution in [0.4, 0.5) is 0 Å². The fraction of sp³-hybridized carbons (Fsp3) is 0.208. The summed E-state index contributed by atoms with van der Waals surface area (Å²) in [6.07, 6.45) is 4.52. The van der Waals surface area contributed by atoms with Crippen molar-refractivity contribution >= 4 is 21.7 Å². The van der Waals surface area contributed by atoms with E-state index in [4.69, 9.17) is 0 Å². The number of nitrogens with one attached hydrogen (secondary N) is 1. The molecule has 6 heteroatoms. The molecule has 2 aromatic carbocycles. The maximum absolute atomic E-state index is 12.9. The summed E-state index contributed by atoms with van der Waals surface area (Å²) < 4.78 is 15.5. The third kappa shape index (κ3) is 3.13. The first kappa shape index (κ1) is 19.0. The van der Waals surface area contributed by atoms with Crippen LogP contribution in [-0.2, 0) is 30.8 Å². The van der Waals surface area contributed by atoms with Crippen molar-refractivity contribution in [2.24, 2.45) is 7.05 Å². The van der Waals surface area contributed by atoms with Crippen molar-refractivity contribution in [2.75, 3.05) is 12.8 Å². The number of benzene rings is 2. The monoisotopic (exact) mass is 417 g/mol. The second kappa shape index (κ2) is 7.38. The van der Waals surface area contributed by atoms with Crippen molar-refractivity contribution in [3.05, 3.63) is 82.4 Å². The van der Waals surface area contributed by atoms with Crippen molar-refractivity contribution in [2.45, 2.75) is 17.9 Å². The summed E-state index contributed by atoms with van der Waals surface area (Å²) in [5, 5.41) is 4.71. The summed E-state index contributed by atoms with van der Waals surface area (Å²) in [6, 6.07) is 17.4. The number of hydrogen-bond acceptors (Lipinski definition) is 3. The van der Waals surface area contributed by atoms with Gasteiger partial charge in [-0.05, 0) is 60.0 Å². The zero-order valence-corrected chi connectivity index (χ0v) is 17.8. The second-order valence-electron chi connectivity index (χ2n) is 7.71. The van der Waals surface area contributed by atoms with Gasteiger partial charge in [-0.25, -0.2) is 0 Å². The molecule has 152 valence electrons. The number of aromatic nitrogens is 2. The topological polar surface area (TPSA) is 56.0 Å². The second-order valence-corrected chi connectivity index (χ2v) is 9.09. The molecule has 0 radical (unpaired) electrons. The molecule has 5 rings (SSSR count). The standard InChI is InChI=1S/C24H23N3O2S/c1-26-22-14-18(5-8-20(22)21-9-11-25-15-23(21)26)27-12-10-17(13-24(27)28)16-3-6-19(7-4-16)30(2)29/h3-8,10,12-14,25H,9,11,15H2,1-2H3. The predicted molar refractivity (Wildman–Crippen MR) is 122 cm³/mol. The van der Waals surface area contributed by atoms with E-state index in [-0.39, 0.29) is 5.56 Å². The third-order valence-corrected chi connectivity index (χ3v) is 6.92. The van der Waals surface area contributed by atoms with Crippen LogP contribution in [0.1, 0.15) is 11.3 Å². The van der Waals surface area contributed by atoms with Crippen molar-refractivity contribution in [1.29, 1.82) is 0 Å². The summed E-state index contributed by atoms with van der Waals surface area (Å²) >= 11 is 0. The van der Waals surface area contributed by atoms with Crippen LogP contribution in [0.5, 0.6) is 0 Å². The molecule has 0 spiro atoms. The molecule has 4 aromatic rings. The Morgan fingerprint density at radius 3 is 2.53 bits per heavy atom. The van der Waals surface area contributed by atoms with Crippen molar-refractivity contribution < 1.29 is 4.21 Å². The smallest absolute Gasteiger partial charge is 0.255 e. The van der Waals surface area contributed by atoms with E-state index in [0.29, 0.717) is 0 Å². The Bertz CT molecular complexity index is 1350. The van der Waals surface area contributed by atoms with Gasteiger partial charge < -0.3 is 9.88 Å². The number of rotatable bonds is 3. The van der Waals surface area contributed by atoms with Gasteiger partial charge in [-0.2, -0.15) is 0 Å². The van der Waals surface area contributed by atoms with E-state index in [1.807, 2.05) is 42.6 Å². The lowest BCUT2D eigenvalue weighted by Gasteiger charge is -2.14. The molecule has 1 N–H and O–H groups in total. The van der Waals surface area contributed by atoms with Crippen LogP contribution >= 0.6 is 0 Å². The summed E-state index contributed by atoms with van der Waals surface area (Å²) in [5.41, 5.74) is 6.47. The lowest BCUT2D eigenvalue weighted by atomic mass is 10.0. The van der Waals surface area contributed by atoms with Gasteiger partial charge in [-0.1, -0.05) is 18.2 Å². The van der Waals surface area contributed by atoms with Crippen LogP contribution in [-0.4, -0.2) is 26.1 Å². The molecule has 1 aliphatic rings. The van der Waals surface area contributed by atoms with E-state index >= 15 is 0 Å². The molecule has 0 saturated carbocycles. The highest BCUT2D eigenvalue weighted by Gasteiger charge is 2.18. The van der Waals surface area contributed by atoms with Crippen molar-refractivity contribution in [1.82, 2.24) is 14.5 Å². The minimum atomic E-state index is -1.01. The average Bonchev–Trinajstić information content (AvgIpc) is 3.06. The van der Waals surface area contributed by atoms with Gasteiger partial charge in [0.1, 0.15) is 0 Å². The first-order chi connectivity index (χ1) is 14.5. The Labute approximate surface area is 177 Å². The van der Waals surface area contributed by atoms with Crippen LogP contribution < -0.4 is 10.9 Å². The summed E-state index contributed by atoms with van der Waals surface area (Å²) in [4.78, 5) is 13.7. The number of aryl methyl sites for hydroxylation is 1. The van der Waals surface area contributed by atoms with Crippen molar-refractivity contribution in [3.8, 4) is 16.8 Å². The van der Waals surface area contributed by atoms with Crippen molar-refractivity contribution in [3.63, 3.8) is 0 Å². The Morgan fingerprint density at radius 1 is 1.00 bits per heavy atom. The normalized spacial score (nSPS) is 14.6. The molecule has 0 saturated heterocycles. The maximum atomic E-state index is 12.9. The highest BCUT2D eigenvalue weighted by Crippen LogP contribution is 2.29. The molecule has 0 aliphatic carbocycles. The molecule has 30 heavy (non-hydrogen) atoms. The van der Waals surface area contributed by atoms with E-state index < -0.39 is 10.8 Å². The fourth-order valence-corrected chi connectivity index (χ4v) is 4.86. The Hall–Kier alpha value is -2.96. The van der Waals surface area contributed by atoms with Crippen LogP contribution in [0.15, 0.2) is 70.5 Å². The fourth-order valence-electron chi connectivity index (χ4n) is 4.34. The molecular formula is C24H23N3O2S. The highest BCUT2D eigenvalue weighted by molar-refractivity contribution is 7.84. The van der Waals surface area contributed by atoms with E-state index in [0.717, 1.165) is 46.7 Å². The van der Waals surface area contributed by atoms with Gasteiger partial charge in [0.25, 0.3) is 5.56 Å². The number of hydrogen-bond donors (Lipinski definition) is 1. The number of pyridine rings is 1. The van der Waals surface area contributed by atoms with E-state index in [1.54, 1.807) is 16.9 Å². The number of fused-ring (bicyclic) bond motifs is 3. The maximum Gasteiger partial charge on any atom is 0.255 e. The van der Waals surface area contributed by atoms with Gasteiger partial charge in [0, 0.05) is 58.9 Å². The first-order valence-electron chi connectivity index (χ1n) is 10.0. The van der Waals surface area contributed by atoms with Gasteiger partial charge in [0.15, 0.2) is 0 Å². The predicted octanol–water partition coefficient (Wildman–Crippen LogP) is 3.38. The van der Waals surface area contributed by atoms with Gasteiger partial charge in [0.05, 0.1) is 11.2 Å². The molecule has 0 bridgehead atoms. The first-order valence-corrected chi connectivity index (χ1v) is 11.6. The zero-order valence-electron chi connectivity index (χ0n) is 17.0. The quantitative estimate of drug-likeness (QED) is 0.556. The molecule has 2 aromatic heterocycles.